The van der Waals surface area contributed by atoms with E-state index in [9.17, 15) is 25.0 Å². The smallest absolute Gasteiger partial charge is 0.286 e. The van der Waals surface area contributed by atoms with Crippen LogP contribution in [0.4, 0.5) is 11.4 Å². The number of Topliss-reactive ketones (excluding diaryl/α,β-unsaturated/α-hetero) is 1. The number of rotatable bonds is 7. The third kappa shape index (κ3) is 3.64. The Hall–Kier alpha value is -5.06. The number of carbonyl (C=O) groups excluding carboxylic acids is 1. The standard InChI is InChI=1S/C24H17N5O6/c1-35-18-9-7-15(8-10-18)21(30)13-26-14-25-27-23(16-5-3-2-4-6-16)22-19(24(26)27)11-17(28(31)32)12-20(22)29(33)34/h2-12,14H,13H2,1H3. The summed E-state index contributed by atoms with van der Waals surface area (Å²) in [7, 11) is 1.53. The van der Waals surface area contributed by atoms with Gasteiger partial charge < -0.3 is 9.30 Å². The van der Waals surface area contributed by atoms with Crippen LogP contribution in [0.5, 0.6) is 5.75 Å². The third-order valence-electron chi connectivity index (χ3n) is 5.75. The maximum atomic E-state index is 13.0. The molecule has 0 fully saturated rings. The van der Waals surface area contributed by atoms with E-state index in [1.54, 1.807) is 48.5 Å². The Morgan fingerprint density at radius 2 is 1.71 bits per heavy atom. The van der Waals surface area contributed by atoms with E-state index in [0.29, 0.717) is 28.2 Å². The van der Waals surface area contributed by atoms with E-state index < -0.39 is 21.2 Å². The summed E-state index contributed by atoms with van der Waals surface area (Å²) in [6.07, 6.45) is 1.44. The molecule has 0 saturated heterocycles. The van der Waals surface area contributed by atoms with Crippen molar-refractivity contribution in [2.75, 3.05) is 7.11 Å². The molecule has 0 atom stereocenters. The van der Waals surface area contributed by atoms with E-state index in [4.69, 9.17) is 4.74 Å². The van der Waals surface area contributed by atoms with Gasteiger partial charge in [-0.05, 0) is 24.3 Å². The molecular weight excluding hydrogens is 454 g/mol. The third-order valence-corrected chi connectivity index (χ3v) is 5.75. The van der Waals surface area contributed by atoms with Crippen LogP contribution in [-0.2, 0) is 6.54 Å². The molecule has 0 aliphatic rings. The summed E-state index contributed by atoms with van der Waals surface area (Å²) in [5.74, 6) is 0.374. The molecule has 0 radical (unpaired) electrons. The zero-order valence-electron chi connectivity index (χ0n) is 18.3. The number of hydrogen-bond acceptors (Lipinski definition) is 7. The van der Waals surface area contributed by atoms with Crippen LogP contribution in [-0.4, -0.2) is 36.9 Å². The number of aromatic nitrogens is 3. The van der Waals surface area contributed by atoms with E-state index in [1.165, 1.54) is 28.6 Å². The lowest BCUT2D eigenvalue weighted by Crippen LogP contribution is -2.09. The number of carbonyl (C=O) groups is 1. The van der Waals surface area contributed by atoms with Crippen LogP contribution in [0.2, 0.25) is 0 Å². The van der Waals surface area contributed by atoms with Gasteiger partial charge >= 0.3 is 0 Å². The van der Waals surface area contributed by atoms with Gasteiger partial charge in [-0.15, -0.1) is 0 Å². The highest BCUT2D eigenvalue weighted by molar-refractivity contribution is 6.11. The SMILES string of the molecule is COc1ccc(C(=O)Cn2cnn3c(-c4ccccc4)c4c([N+](=O)[O-])cc([N+](=O)[O-])cc4c23)cc1. The number of methoxy groups -OCH3 is 1. The number of ether oxygens (including phenoxy) is 1. The van der Waals surface area contributed by atoms with Crippen LogP contribution < -0.4 is 4.74 Å². The highest BCUT2D eigenvalue weighted by Gasteiger charge is 2.29. The molecule has 0 aliphatic heterocycles. The van der Waals surface area contributed by atoms with Gasteiger partial charge in [0.1, 0.15) is 17.7 Å². The van der Waals surface area contributed by atoms with E-state index in [-0.39, 0.29) is 23.1 Å². The van der Waals surface area contributed by atoms with Gasteiger partial charge in [0.15, 0.2) is 5.78 Å². The maximum absolute atomic E-state index is 13.0. The Bertz CT molecular complexity index is 1620. The van der Waals surface area contributed by atoms with Gasteiger partial charge in [0, 0.05) is 22.6 Å². The fraction of sp³-hybridized carbons (Fsp3) is 0.0833. The van der Waals surface area contributed by atoms with Gasteiger partial charge in [-0.1, -0.05) is 30.3 Å². The Labute approximate surface area is 197 Å². The van der Waals surface area contributed by atoms with Gasteiger partial charge in [0.05, 0.1) is 40.6 Å². The topological polar surface area (TPSA) is 135 Å². The molecule has 174 valence electrons. The van der Waals surface area contributed by atoms with E-state index in [1.807, 2.05) is 6.07 Å². The minimum Gasteiger partial charge on any atom is -0.497 e. The molecule has 35 heavy (non-hydrogen) atoms. The number of hydrogen-bond donors (Lipinski definition) is 0. The van der Waals surface area contributed by atoms with Gasteiger partial charge in [0.25, 0.3) is 11.4 Å². The minimum atomic E-state index is -0.679. The second kappa shape index (κ2) is 8.37. The molecule has 11 heteroatoms. The average molecular weight is 471 g/mol. The molecule has 0 bridgehead atoms. The molecule has 0 saturated carbocycles. The zero-order valence-corrected chi connectivity index (χ0v) is 18.3. The first-order chi connectivity index (χ1) is 16.9. The van der Waals surface area contributed by atoms with Crippen LogP contribution in [0.1, 0.15) is 10.4 Å². The Morgan fingerprint density at radius 1 is 1.00 bits per heavy atom. The Kier molecular flexibility index (Phi) is 5.21. The second-order valence-corrected chi connectivity index (χ2v) is 7.76. The van der Waals surface area contributed by atoms with E-state index >= 15 is 0 Å². The highest BCUT2D eigenvalue weighted by atomic mass is 16.6. The second-order valence-electron chi connectivity index (χ2n) is 7.76. The fourth-order valence-electron chi connectivity index (χ4n) is 4.17. The molecule has 2 heterocycles. The van der Waals surface area contributed by atoms with Gasteiger partial charge in [-0.3, -0.25) is 25.0 Å². The normalized spacial score (nSPS) is 11.1. The van der Waals surface area contributed by atoms with Crippen LogP contribution in [0.3, 0.4) is 0 Å². The van der Waals surface area contributed by atoms with Crippen molar-refractivity contribution >= 4 is 33.6 Å². The van der Waals surface area contributed by atoms with Crippen molar-refractivity contribution in [3.8, 4) is 17.0 Å². The van der Waals surface area contributed by atoms with Crippen molar-refractivity contribution in [1.82, 2.24) is 14.2 Å². The fourth-order valence-corrected chi connectivity index (χ4v) is 4.17. The molecule has 0 N–H and O–H groups in total. The first-order valence-electron chi connectivity index (χ1n) is 10.4. The number of fused-ring (bicyclic) bond motifs is 3. The van der Waals surface area contributed by atoms with Crippen molar-refractivity contribution in [3.63, 3.8) is 0 Å². The van der Waals surface area contributed by atoms with Crippen molar-refractivity contribution in [1.29, 1.82) is 0 Å². The van der Waals surface area contributed by atoms with Crippen molar-refractivity contribution in [3.05, 3.63) is 98.8 Å². The monoisotopic (exact) mass is 471 g/mol. The summed E-state index contributed by atoms with van der Waals surface area (Å²) in [4.78, 5) is 35.2. The number of nitro benzene ring substituents is 2. The van der Waals surface area contributed by atoms with Crippen LogP contribution in [0.25, 0.3) is 27.7 Å². The summed E-state index contributed by atoms with van der Waals surface area (Å²) < 4.78 is 8.15. The van der Waals surface area contributed by atoms with Crippen LogP contribution in [0.15, 0.2) is 73.1 Å². The number of nitro groups is 2. The largest absolute Gasteiger partial charge is 0.497 e. The van der Waals surface area contributed by atoms with Gasteiger partial charge in [-0.25, -0.2) is 4.52 Å². The summed E-state index contributed by atoms with van der Waals surface area (Å²) in [5.41, 5.74) is 0.993. The van der Waals surface area contributed by atoms with Gasteiger partial charge in [-0.2, -0.15) is 5.10 Å². The molecule has 2 aromatic heterocycles. The number of nitrogens with zero attached hydrogens (tertiary/aromatic N) is 5. The minimum absolute atomic E-state index is 0.125. The lowest BCUT2D eigenvalue weighted by molar-refractivity contribution is -0.393. The molecule has 3 aromatic carbocycles. The molecular formula is C24H17N5O6. The molecule has 0 amide bonds. The predicted molar refractivity (Wildman–Crippen MR) is 127 cm³/mol. The molecule has 0 unspecified atom stereocenters. The molecule has 0 aliphatic carbocycles. The predicted octanol–water partition coefficient (Wildman–Crippen LogP) is 4.66. The van der Waals surface area contributed by atoms with Crippen molar-refractivity contribution in [2.24, 2.45) is 0 Å². The zero-order chi connectivity index (χ0) is 24.7. The molecule has 5 rings (SSSR count). The summed E-state index contributed by atoms with van der Waals surface area (Å²) in [5, 5.41) is 28.4. The Balaban J connectivity index is 1.76. The van der Waals surface area contributed by atoms with E-state index in [2.05, 4.69) is 5.10 Å². The number of benzene rings is 3. The summed E-state index contributed by atoms with van der Waals surface area (Å²) in [6, 6.07) is 17.7. The van der Waals surface area contributed by atoms with Crippen molar-refractivity contribution < 1.29 is 19.4 Å². The molecule has 11 nitrogen and oxygen atoms in total. The van der Waals surface area contributed by atoms with Crippen LogP contribution >= 0.6 is 0 Å². The lowest BCUT2D eigenvalue weighted by atomic mass is 10.0. The summed E-state index contributed by atoms with van der Waals surface area (Å²) >= 11 is 0. The highest BCUT2D eigenvalue weighted by Crippen LogP contribution is 2.41. The summed E-state index contributed by atoms with van der Waals surface area (Å²) in [6.45, 7) is -0.125. The molecule has 5 aromatic rings. The number of ketones is 1. The van der Waals surface area contributed by atoms with Crippen molar-refractivity contribution in [2.45, 2.75) is 6.54 Å². The lowest BCUT2D eigenvalue weighted by Gasteiger charge is -2.05. The average Bonchev–Trinajstić information content (AvgIpc) is 3.42. The maximum Gasteiger partial charge on any atom is 0.286 e. The first-order valence-corrected chi connectivity index (χ1v) is 10.4. The van der Waals surface area contributed by atoms with E-state index in [0.717, 1.165) is 6.07 Å². The van der Waals surface area contributed by atoms with Gasteiger partial charge in [0.2, 0.25) is 0 Å². The Morgan fingerprint density at radius 3 is 2.34 bits per heavy atom. The first kappa shape index (κ1) is 21.8. The quantitative estimate of drug-likeness (QED) is 0.191. The van der Waals surface area contributed by atoms with Crippen LogP contribution in [0, 0.1) is 20.2 Å². The number of non-ortho nitro benzene ring substituents is 2. The molecule has 0 spiro atoms.